The lowest BCUT2D eigenvalue weighted by atomic mass is 9.79. The van der Waals surface area contributed by atoms with E-state index in [-0.39, 0.29) is 16.4 Å². The summed E-state index contributed by atoms with van der Waals surface area (Å²) >= 11 is 0. The van der Waals surface area contributed by atoms with Crippen LogP contribution in [-0.2, 0) is 10.8 Å². The maximum atomic E-state index is 11.4. The zero-order chi connectivity index (χ0) is 19.0. The van der Waals surface area contributed by atoms with Gasteiger partial charge in [0.1, 0.15) is 5.75 Å². The van der Waals surface area contributed by atoms with Crippen molar-refractivity contribution < 1.29 is 15.0 Å². The number of hydrogen-bond acceptors (Lipinski definition) is 3. The Balaban J connectivity index is 2.62. The Morgan fingerprint density at radius 3 is 1.84 bits per heavy atom. The number of benzene rings is 2. The summed E-state index contributed by atoms with van der Waals surface area (Å²) in [5, 5.41) is 23.4. The largest absolute Gasteiger partial charge is 0.507 e. The highest BCUT2D eigenvalue weighted by atomic mass is 16.4. The molecule has 2 aromatic rings. The number of hydrogen-bond donors (Lipinski definition) is 3. The second-order valence-corrected chi connectivity index (χ2v) is 8.40. The normalized spacial score (nSPS) is 12.1. The second-order valence-electron chi connectivity index (χ2n) is 8.40. The molecule has 0 radical (unpaired) electrons. The van der Waals surface area contributed by atoms with Crippen molar-refractivity contribution >= 4 is 17.3 Å². The number of nitrogens with one attached hydrogen (secondary N) is 1. The SMILES string of the molecule is CC(C)(C)c1cc(Nc2ccccc2C(=O)O)cc(C(C)(C)C)c1O. The van der Waals surface area contributed by atoms with Crippen LogP contribution in [0.4, 0.5) is 11.4 Å². The molecule has 3 N–H and O–H groups in total. The lowest BCUT2D eigenvalue weighted by molar-refractivity contribution is 0.0698. The molecule has 0 aliphatic carbocycles. The minimum Gasteiger partial charge on any atom is -0.507 e. The van der Waals surface area contributed by atoms with Crippen LogP contribution in [0.2, 0.25) is 0 Å². The number of carboxylic acid groups (broad SMARTS) is 1. The Hall–Kier alpha value is -2.49. The van der Waals surface area contributed by atoms with Gasteiger partial charge in [-0.05, 0) is 35.1 Å². The number of phenols is 1. The molecule has 134 valence electrons. The van der Waals surface area contributed by atoms with Crippen LogP contribution >= 0.6 is 0 Å². The number of carbonyl (C=O) groups is 1. The third-order valence-corrected chi connectivity index (χ3v) is 4.16. The van der Waals surface area contributed by atoms with E-state index in [0.29, 0.717) is 11.4 Å². The Bertz CT molecular complexity index is 761. The lowest BCUT2D eigenvalue weighted by Crippen LogP contribution is -2.17. The molecule has 4 nitrogen and oxygen atoms in total. The molecule has 2 aromatic carbocycles. The topological polar surface area (TPSA) is 69.6 Å². The average Bonchev–Trinajstić information content (AvgIpc) is 2.47. The summed E-state index contributed by atoms with van der Waals surface area (Å²) in [6.07, 6.45) is 0. The fourth-order valence-corrected chi connectivity index (χ4v) is 2.78. The van der Waals surface area contributed by atoms with Crippen LogP contribution in [0.5, 0.6) is 5.75 Å². The number of aromatic carboxylic acids is 1. The third-order valence-electron chi connectivity index (χ3n) is 4.16. The molecule has 2 rings (SSSR count). The van der Waals surface area contributed by atoms with Gasteiger partial charge in [0, 0.05) is 16.8 Å². The number of carboxylic acids is 1. The van der Waals surface area contributed by atoms with Crippen LogP contribution in [-0.4, -0.2) is 16.2 Å². The highest BCUT2D eigenvalue weighted by molar-refractivity contribution is 5.95. The maximum Gasteiger partial charge on any atom is 0.337 e. The van der Waals surface area contributed by atoms with Gasteiger partial charge in [0.2, 0.25) is 0 Å². The smallest absolute Gasteiger partial charge is 0.337 e. The standard InChI is InChI=1S/C21H27NO3/c1-20(2,3)15-11-13(12-16(18(15)23)21(4,5)6)22-17-10-8-7-9-14(17)19(24)25/h7-12,22-23H,1-6H3,(H,24,25). The zero-order valence-electron chi connectivity index (χ0n) is 15.8. The summed E-state index contributed by atoms with van der Waals surface area (Å²) in [6, 6.07) is 10.6. The molecular weight excluding hydrogens is 314 g/mol. The van der Waals surface area contributed by atoms with E-state index in [2.05, 4.69) is 5.32 Å². The van der Waals surface area contributed by atoms with Crippen LogP contribution in [0.25, 0.3) is 0 Å². The Labute approximate surface area is 149 Å². The first kappa shape index (κ1) is 18.8. The van der Waals surface area contributed by atoms with Crippen molar-refractivity contribution in [2.75, 3.05) is 5.32 Å². The van der Waals surface area contributed by atoms with Crippen molar-refractivity contribution in [3.63, 3.8) is 0 Å². The van der Waals surface area contributed by atoms with Gasteiger partial charge in [-0.3, -0.25) is 0 Å². The highest BCUT2D eigenvalue weighted by Crippen LogP contribution is 2.41. The Kier molecular flexibility index (Phi) is 4.85. The molecule has 0 amide bonds. The van der Waals surface area contributed by atoms with E-state index in [9.17, 15) is 15.0 Å². The monoisotopic (exact) mass is 341 g/mol. The van der Waals surface area contributed by atoms with E-state index in [1.54, 1.807) is 24.3 Å². The summed E-state index contributed by atoms with van der Waals surface area (Å²) in [5.74, 6) is -0.675. The van der Waals surface area contributed by atoms with E-state index in [0.717, 1.165) is 16.8 Å². The molecule has 0 atom stereocenters. The van der Waals surface area contributed by atoms with Crippen molar-refractivity contribution in [2.24, 2.45) is 0 Å². The molecule has 0 spiro atoms. The Morgan fingerprint density at radius 2 is 1.40 bits per heavy atom. The van der Waals surface area contributed by atoms with Gasteiger partial charge in [-0.1, -0.05) is 53.7 Å². The summed E-state index contributed by atoms with van der Waals surface area (Å²) in [5.41, 5.74) is 2.68. The van der Waals surface area contributed by atoms with E-state index in [1.165, 1.54) is 0 Å². The van der Waals surface area contributed by atoms with E-state index >= 15 is 0 Å². The van der Waals surface area contributed by atoms with Crippen LogP contribution in [0.3, 0.4) is 0 Å². The number of para-hydroxylation sites is 1. The summed E-state index contributed by atoms with van der Waals surface area (Å²) in [7, 11) is 0. The minimum atomic E-state index is -0.978. The van der Waals surface area contributed by atoms with Gasteiger partial charge in [0.15, 0.2) is 0 Å². The molecule has 0 aromatic heterocycles. The molecule has 0 aliphatic rings. The van der Waals surface area contributed by atoms with Gasteiger partial charge in [-0.15, -0.1) is 0 Å². The summed E-state index contributed by atoms with van der Waals surface area (Å²) in [4.78, 5) is 11.4. The first-order valence-corrected chi connectivity index (χ1v) is 8.38. The van der Waals surface area contributed by atoms with Crippen LogP contribution in [0, 0.1) is 0 Å². The summed E-state index contributed by atoms with van der Waals surface area (Å²) < 4.78 is 0. The Morgan fingerprint density at radius 1 is 0.920 bits per heavy atom. The molecule has 0 fully saturated rings. The van der Waals surface area contributed by atoms with E-state index in [1.807, 2.05) is 53.7 Å². The van der Waals surface area contributed by atoms with E-state index in [4.69, 9.17) is 0 Å². The fraction of sp³-hybridized carbons (Fsp3) is 0.381. The molecule has 25 heavy (non-hydrogen) atoms. The highest BCUT2D eigenvalue weighted by Gasteiger charge is 2.26. The van der Waals surface area contributed by atoms with Gasteiger partial charge in [-0.2, -0.15) is 0 Å². The number of rotatable bonds is 3. The van der Waals surface area contributed by atoms with E-state index < -0.39 is 5.97 Å². The van der Waals surface area contributed by atoms with Gasteiger partial charge < -0.3 is 15.5 Å². The number of phenolic OH excluding ortho intramolecular Hbond substituents is 1. The van der Waals surface area contributed by atoms with Crippen LogP contribution in [0.15, 0.2) is 36.4 Å². The third kappa shape index (κ3) is 4.13. The van der Waals surface area contributed by atoms with Crippen molar-refractivity contribution in [3.05, 3.63) is 53.1 Å². The average molecular weight is 341 g/mol. The first-order chi connectivity index (χ1) is 11.4. The number of anilines is 2. The minimum absolute atomic E-state index is 0.213. The molecule has 0 saturated carbocycles. The molecule has 0 heterocycles. The predicted molar refractivity (Wildman–Crippen MR) is 102 cm³/mol. The fourth-order valence-electron chi connectivity index (χ4n) is 2.78. The first-order valence-electron chi connectivity index (χ1n) is 8.38. The van der Waals surface area contributed by atoms with Gasteiger partial charge in [0.25, 0.3) is 0 Å². The molecular formula is C21H27NO3. The van der Waals surface area contributed by atoms with Crippen molar-refractivity contribution in [2.45, 2.75) is 52.4 Å². The van der Waals surface area contributed by atoms with Gasteiger partial charge in [0.05, 0.1) is 11.3 Å². The maximum absolute atomic E-state index is 11.4. The molecule has 0 bridgehead atoms. The molecule has 0 unspecified atom stereocenters. The van der Waals surface area contributed by atoms with Crippen LogP contribution < -0.4 is 5.32 Å². The van der Waals surface area contributed by atoms with Gasteiger partial charge >= 0.3 is 5.97 Å². The lowest BCUT2D eigenvalue weighted by Gasteiger charge is -2.28. The summed E-state index contributed by atoms with van der Waals surface area (Å²) in [6.45, 7) is 12.3. The van der Waals surface area contributed by atoms with Crippen LogP contribution in [0.1, 0.15) is 63.0 Å². The molecule has 4 heteroatoms. The molecule has 0 saturated heterocycles. The van der Waals surface area contributed by atoms with Crippen molar-refractivity contribution in [3.8, 4) is 5.75 Å². The quantitative estimate of drug-likeness (QED) is 0.651. The zero-order valence-corrected chi connectivity index (χ0v) is 15.8. The number of aromatic hydroxyl groups is 1. The predicted octanol–water partition coefficient (Wildman–Crippen LogP) is 5.43. The second kappa shape index (κ2) is 6.43. The van der Waals surface area contributed by atoms with Crippen molar-refractivity contribution in [1.29, 1.82) is 0 Å². The van der Waals surface area contributed by atoms with Gasteiger partial charge in [-0.25, -0.2) is 4.79 Å². The molecule has 0 aliphatic heterocycles. The van der Waals surface area contributed by atoms with Crippen molar-refractivity contribution in [1.82, 2.24) is 0 Å².